The molecule has 24 heavy (non-hydrogen) atoms. The average Bonchev–Trinajstić information content (AvgIpc) is 3.06. The Kier molecular flexibility index (Phi) is 4.69. The summed E-state index contributed by atoms with van der Waals surface area (Å²) in [6.07, 6.45) is 0.804. The van der Waals surface area contributed by atoms with Crippen LogP contribution in [0.15, 0.2) is 54.6 Å². The molecule has 0 aliphatic carbocycles. The minimum atomic E-state index is -3.46. The molecule has 0 bridgehead atoms. The number of nitrogens with zero attached hydrogens (tertiary/aromatic N) is 1. The lowest BCUT2D eigenvalue weighted by molar-refractivity contribution is 0.0696. The lowest BCUT2D eigenvalue weighted by atomic mass is 9.99. The molecule has 1 aliphatic rings. The van der Waals surface area contributed by atoms with Crippen molar-refractivity contribution in [3.63, 3.8) is 0 Å². The molecule has 2 aromatic carbocycles. The number of hydrogen-bond acceptors (Lipinski definition) is 3. The van der Waals surface area contributed by atoms with E-state index in [1.807, 2.05) is 30.3 Å². The van der Waals surface area contributed by atoms with Crippen molar-refractivity contribution in [3.8, 4) is 0 Å². The number of benzene rings is 2. The second kappa shape index (κ2) is 6.75. The maximum atomic E-state index is 12.6. The van der Waals surface area contributed by atoms with E-state index in [1.165, 1.54) is 16.4 Å². The van der Waals surface area contributed by atoms with E-state index >= 15 is 0 Å². The Bertz CT molecular complexity index is 833. The maximum absolute atomic E-state index is 12.6. The molecule has 1 unspecified atom stereocenters. The number of sulfonamides is 1. The molecule has 1 heterocycles. The molecule has 0 spiro atoms. The predicted octanol–water partition coefficient (Wildman–Crippen LogP) is 2.70. The molecule has 0 saturated carbocycles. The molecular formula is C18H19NO4S. The van der Waals surface area contributed by atoms with Gasteiger partial charge in [0.25, 0.3) is 0 Å². The molecule has 1 aliphatic heterocycles. The van der Waals surface area contributed by atoms with Crippen LogP contribution in [-0.2, 0) is 15.8 Å². The van der Waals surface area contributed by atoms with Gasteiger partial charge < -0.3 is 5.11 Å². The second-order valence-corrected chi connectivity index (χ2v) is 7.98. The Morgan fingerprint density at radius 3 is 2.58 bits per heavy atom. The third kappa shape index (κ3) is 3.66. The van der Waals surface area contributed by atoms with E-state index in [0.717, 1.165) is 12.0 Å². The summed E-state index contributed by atoms with van der Waals surface area (Å²) in [6, 6.07) is 16.0. The van der Waals surface area contributed by atoms with Gasteiger partial charge in [0.05, 0.1) is 11.3 Å². The van der Waals surface area contributed by atoms with Gasteiger partial charge in [-0.1, -0.05) is 42.5 Å². The van der Waals surface area contributed by atoms with Crippen LogP contribution in [0.4, 0.5) is 0 Å². The van der Waals surface area contributed by atoms with Crippen molar-refractivity contribution >= 4 is 16.0 Å². The molecule has 5 nitrogen and oxygen atoms in total. The maximum Gasteiger partial charge on any atom is 0.335 e. The minimum Gasteiger partial charge on any atom is -0.478 e. The van der Waals surface area contributed by atoms with Gasteiger partial charge in [0.2, 0.25) is 10.0 Å². The second-order valence-electron chi connectivity index (χ2n) is 6.02. The van der Waals surface area contributed by atoms with E-state index in [0.29, 0.717) is 18.7 Å². The first-order valence-corrected chi connectivity index (χ1v) is 9.41. The summed E-state index contributed by atoms with van der Waals surface area (Å²) >= 11 is 0. The Hall–Kier alpha value is -2.18. The highest BCUT2D eigenvalue weighted by molar-refractivity contribution is 7.88. The summed E-state index contributed by atoms with van der Waals surface area (Å²) in [5.74, 6) is -1.01. The summed E-state index contributed by atoms with van der Waals surface area (Å²) in [6.45, 7) is 0.978. The normalized spacial score (nSPS) is 18.6. The van der Waals surface area contributed by atoms with E-state index in [-0.39, 0.29) is 17.2 Å². The van der Waals surface area contributed by atoms with Gasteiger partial charge >= 0.3 is 5.97 Å². The van der Waals surface area contributed by atoms with Gasteiger partial charge in [-0.15, -0.1) is 0 Å². The lowest BCUT2D eigenvalue weighted by Crippen LogP contribution is -2.29. The molecule has 6 heteroatoms. The Balaban J connectivity index is 1.72. The van der Waals surface area contributed by atoms with Crippen LogP contribution in [0.25, 0.3) is 0 Å². The first kappa shape index (κ1) is 16.7. The first-order chi connectivity index (χ1) is 11.5. The van der Waals surface area contributed by atoms with Crippen LogP contribution in [0, 0.1) is 0 Å². The summed E-state index contributed by atoms with van der Waals surface area (Å²) in [7, 11) is -3.46. The monoisotopic (exact) mass is 345 g/mol. The van der Waals surface area contributed by atoms with E-state index in [2.05, 4.69) is 0 Å². The van der Waals surface area contributed by atoms with Crippen LogP contribution in [-0.4, -0.2) is 36.9 Å². The summed E-state index contributed by atoms with van der Waals surface area (Å²) in [5.41, 5.74) is 1.76. The van der Waals surface area contributed by atoms with Crippen molar-refractivity contribution in [1.82, 2.24) is 4.31 Å². The van der Waals surface area contributed by atoms with Gasteiger partial charge in [0.1, 0.15) is 0 Å². The average molecular weight is 345 g/mol. The molecule has 126 valence electrons. The Morgan fingerprint density at radius 1 is 1.12 bits per heavy atom. The fourth-order valence-corrected chi connectivity index (χ4v) is 4.65. The highest BCUT2D eigenvalue weighted by Crippen LogP contribution is 2.29. The fraction of sp³-hybridized carbons (Fsp3) is 0.278. The van der Waals surface area contributed by atoms with Crippen LogP contribution in [0.2, 0.25) is 0 Å². The fourth-order valence-electron chi connectivity index (χ4n) is 3.07. The van der Waals surface area contributed by atoms with Crippen molar-refractivity contribution in [1.29, 1.82) is 0 Å². The Morgan fingerprint density at radius 2 is 1.88 bits per heavy atom. The van der Waals surface area contributed by atoms with Crippen molar-refractivity contribution < 1.29 is 18.3 Å². The number of carboxylic acids is 1. The molecule has 2 aromatic rings. The molecule has 1 saturated heterocycles. The van der Waals surface area contributed by atoms with Crippen molar-refractivity contribution in [2.45, 2.75) is 18.1 Å². The molecule has 0 radical (unpaired) electrons. The van der Waals surface area contributed by atoms with Gasteiger partial charge in [-0.05, 0) is 35.6 Å². The number of rotatable bonds is 5. The third-order valence-corrected chi connectivity index (χ3v) is 6.15. The van der Waals surface area contributed by atoms with Crippen molar-refractivity contribution in [2.24, 2.45) is 0 Å². The van der Waals surface area contributed by atoms with Crippen LogP contribution >= 0.6 is 0 Å². The molecule has 1 N–H and O–H groups in total. The smallest absolute Gasteiger partial charge is 0.335 e. The quantitative estimate of drug-likeness (QED) is 0.904. The zero-order valence-corrected chi connectivity index (χ0v) is 13.9. The van der Waals surface area contributed by atoms with Gasteiger partial charge in [0.15, 0.2) is 0 Å². The Labute approximate surface area is 141 Å². The number of hydrogen-bond donors (Lipinski definition) is 1. The number of carboxylic acid groups (broad SMARTS) is 1. The van der Waals surface area contributed by atoms with Crippen molar-refractivity contribution in [3.05, 3.63) is 71.3 Å². The zero-order valence-electron chi connectivity index (χ0n) is 13.1. The van der Waals surface area contributed by atoms with Gasteiger partial charge in [-0.3, -0.25) is 0 Å². The number of carbonyl (C=O) groups is 1. The van der Waals surface area contributed by atoms with Crippen LogP contribution in [0.5, 0.6) is 0 Å². The molecule has 1 fully saturated rings. The topological polar surface area (TPSA) is 74.7 Å². The predicted molar refractivity (Wildman–Crippen MR) is 91.4 cm³/mol. The van der Waals surface area contributed by atoms with E-state index in [1.54, 1.807) is 12.1 Å². The van der Waals surface area contributed by atoms with Crippen LogP contribution < -0.4 is 0 Å². The van der Waals surface area contributed by atoms with E-state index in [4.69, 9.17) is 5.11 Å². The number of aromatic carboxylic acids is 1. The largest absolute Gasteiger partial charge is 0.478 e. The third-order valence-electron chi connectivity index (χ3n) is 4.34. The summed E-state index contributed by atoms with van der Waals surface area (Å²) < 4.78 is 26.8. The molecule has 0 aromatic heterocycles. The minimum absolute atomic E-state index is 0.103. The highest BCUT2D eigenvalue weighted by Gasteiger charge is 2.32. The highest BCUT2D eigenvalue weighted by atomic mass is 32.2. The van der Waals surface area contributed by atoms with Gasteiger partial charge in [-0.25, -0.2) is 17.5 Å². The molecule has 0 amide bonds. The molecular weight excluding hydrogens is 326 g/mol. The van der Waals surface area contributed by atoms with E-state index < -0.39 is 16.0 Å². The van der Waals surface area contributed by atoms with Crippen molar-refractivity contribution in [2.75, 3.05) is 13.1 Å². The molecule has 1 atom stereocenters. The van der Waals surface area contributed by atoms with Gasteiger partial charge in [0, 0.05) is 13.1 Å². The van der Waals surface area contributed by atoms with E-state index in [9.17, 15) is 13.2 Å². The van der Waals surface area contributed by atoms with Crippen LogP contribution in [0.3, 0.4) is 0 Å². The molecule has 3 rings (SSSR count). The zero-order chi connectivity index (χ0) is 17.2. The summed E-state index contributed by atoms with van der Waals surface area (Å²) in [4.78, 5) is 11.0. The van der Waals surface area contributed by atoms with Gasteiger partial charge in [-0.2, -0.15) is 0 Å². The SMILES string of the molecule is O=C(O)c1cccc(CS(=O)(=O)N2CCC(c3ccccc3)C2)c1. The lowest BCUT2D eigenvalue weighted by Gasteiger charge is -2.17. The standard InChI is InChI=1S/C18H19NO4S/c20-18(21)16-8-4-5-14(11-16)13-24(22,23)19-10-9-17(12-19)15-6-2-1-3-7-15/h1-8,11,17H,9-10,12-13H2,(H,20,21). The first-order valence-electron chi connectivity index (χ1n) is 7.81. The summed E-state index contributed by atoms with van der Waals surface area (Å²) in [5, 5.41) is 9.02. The van der Waals surface area contributed by atoms with Crippen LogP contribution in [0.1, 0.15) is 33.8 Å².